The van der Waals surface area contributed by atoms with Crippen LogP contribution in [0.3, 0.4) is 0 Å². The lowest BCUT2D eigenvalue weighted by Gasteiger charge is -2.25. The third kappa shape index (κ3) is 3.90. The van der Waals surface area contributed by atoms with Gasteiger partial charge in [0.2, 0.25) is 0 Å². The molecule has 1 N–H and O–H groups in total. The quantitative estimate of drug-likeness (QED) is 0.855. The minimum atomic E-state index is 0.912. The lowest BCUT2D eigenvalue weighted by molar-refractivity contribution is 0.347. The molecule has 0 saturated heterocycles. The molecule has 1 aliphatic heterocycles. The van der Waals surface area contributed by atoms with Crippen LogP contribution in [0.25, 0.3) is 0 Å². The summed E-state index contributed by atoms with van der Waals surface area (Å²) < 4.78 is 0. The molecule has 0 spiro atoms. The van der Waals surface area contributed by atoms with Crippen molar-refractivity contribution in [3.8, 4) is 0 Å². The molecule has 0 bridgehead atoms. The fourth-order valence-electron chi connectivity index (χ4n) is 1.95. The molecule has 0 aliphatic carbocycles. The highest BCUT2D eigenvalue weighted by Crippen LogP contribution is 2.10. The van der Waals surface area contributed by atoms with Gasteiger partial charge in [-0.1, -0.05) is 55.1 Å². The molecule has 0 amide bonds. The molecule has 1 heterocycles. The van der Waals surface area contributed by atoms with Gasteiger partial charge in [-0.3, -0.25) is 0 Å². The summed E-state index contributed by atoms with van der Waals surface area (Å²) in [4.78, 5) is 2.30. The van der Waals surface area contributed by atoms with Crippen LogP contribution in [0.15, 0.2) is 66.9 Å². The van der Waals surface area contributed by atoms with Crippen molar-refractivity contribution >= 4 is 0 Å². The van der Waals surface area contributed by atoms with E-state index < -0.39 is 0 Å². The summed E-state index contributed by atoms with van der Waals surface area (Å²) in [5.74, 6) is 0. The van der Waals surface area contributed by atoms with E-state index in [1.807, 2.05) is 12.1 Å². The van der Waals surface area contributed by atoms with E-state index in [1.165, 1.54) is 5.56 Å². The molecule has 1 aromatic rings. The largest absolute Gasteiger partial charge is 0.366 e. The lowest BCUT2D eigenvalue weighted by atomic mass is 10.2. The Kier molecular flexibility index (Phi) is 4.79. The maximum Gasteiger partial charge on any atom is 0.0429 e. The highest BCUT2D eigenvalue weighted by Gasteiger charge is 2.06. The lowest BCUT2D eigenvalue weighted by Crippen LogP contribution is -2.31. The molecule has 2 nitrogen and oxygen atoms in total. The molecule has 0 aromatic heterocycles. The van der Waals surface area contributed by atoms with Crippen molar-refractivity contribution in [3.63, 3.8) is 0 Å². The fraction of sp³-hybridized carbons (Fsp3) is 0.250. The zero-order valence-corrected chi connectivity index (χ0v) is 10.7. The third-order valence-electron chi connectivity index (χ3n) is 2.98. The van der Waals surface area contributed by atoms with Crippen LogP contribution in [0, 0.1) is 0 Å². The zero-order valence-electron chi connectivity index (χ0n) is 10.7. The van der Waals surface area contributed by atoms with Crippen LogP contribution in [0.1, 0.15) is 5.56 Å². The minimum Gasteiger partial charge on any atom is -0.366 e. The Hall–Kier alpha value is -1.80. The topological polar surface area (TPSA) is 15.3 Å². The van der Waals surface area contributed by atoms with Gasteiger partial charge in [0.25, 0.3) is 0 Å². The number of hydrogen-bond acceptors (Lipinski definition) is 2. The maximum atomic E-state index is 4.14. The third-order valence-corrected chi connectivity index (χ3v) is 2.98. The average molecular weight is 240 g/mol. The first-order valence-electron chi connectivity index (χ1n) is 6.38. The van der Waals surface area contributed by atoms with Gasteiger partial charge in [0.05, 0.1) is 0 Å². The summed E-state index contributed by atoms with van der Waals surface area (Å²) in [6, 6.07) is 10.5. The van der Waals surface area contributed by atoms with E-state index in [0.29, 0.717) is 0 Å². The van der Waals surface area contributed by atoms with Gasteiger partial charge in [-0.25, -0.2) is 0 Å². The molecular formula is C16H20N2. The Labute approximate surface area is 109 Å². The Morgan fingerprint density at radius 2 is 2.00 bits per heavy atom. The Morgan fingerprint density at radius 1 is 1.17 bits per heavy atom. The number of allylic oxidation sites excluding steroid dienone is 3. The molecule has 0 atom stereocenters. The fourth-order valence-corrected chi connectivity index (χ4v) is 1.95. The number of nitrogens with one attached hydrogen (secondary N) is 1. The number of benzene rings is 1. The normalized spacial score (nSPS) is 20.4. The molecule has 2 rings (SSSR count). The van der Waals surface area contributed by atoms with Crippen LogP contribution in [-0.4, -0.2) is 24.5 Å². The summed E-state index contributed by atoms with van der Waals surface area (Å²) in [6.45, 7) is 7.94. The van der Waals surface area contributed by atoms with Gasteiger partial charge < -0.3 is 10.2 Å². The summed E-state index contributed by atoms with van der Waals surface area (Å²) >= 11 is 0. The molecule has 1 aliphatic rings. The zero-order chi connectivity index (χ0) is 12.6. The Balaban J connectivity index is 2.06. The maximum absolute atomic E-state index is 4.14. The van der Waals surface area contributed by atoms with E-state index >= 15 is 0 Å². The number of rotatable bonds is 2. The second-order valence-electron chi connectivity index (χ2n) is 4.39. The first kappa shape index (κ1) is 12.7. The van der Waals surface area contributed by atoms with Crippen molar-refractivity contribution in [2.75, 3.05) is 19.6 Å². The first-order chi connectivity index (χ1) is 8.86. The molecule has 0 radical (unpaired) electrons. The highest BCUT2D eigenvalue weighted by molar-refractivity contribution is 5.21. The monoisotopic (exact) mass is 240 g/mol. The molecule has 0 saturated carbocycles. The molecule has 94 valence electrons. The minimum absolute atomic E-state index is 0.912. The van der Waals surface area contributed by atoms with Crippen molar-refractivity contribution in [1.82, 2.24) is 10.2 Å². The SMILES string of the molecule is C=C1/C=C\C=C/CNCCN1Cc1ccccc1. The van der Waals surface area contributed by atoms with Crippen molar-refractivity contribution in [3.05, 3.63) is 72.5 Å². The van der Waals surface area contributed by atoms with E-state index in [9.17, 15) is 0 Å². The highest BCUT2D eigenvalue weighted by atomic mass is 15.1. The summed E-state index contributed by atoms with van der Waals surface area (Å²) in [6.07, 6.45) is 8.30. The second kappa shape index (κ2) is 6.82. The van der Waals surface area contributed by atoms with Gasteiger partial charge in [-0.05, 0) is 11.6 Å². The van der Waals surface area contributed by atoms with Gasteiger partial charge in [0.1, 0.15) is 0 Å². The summed E-state index contributed by atoms with van der Waals surface area (Å²) in [5, 5.41) is 3.39. The standard InChI is InChI=1S/C16H20N2/c1-15-8-4-3-7-11-17-12-13-18(15)14-16-9-5-2-6-10-16/h2-10,17H,1,11-14H2/b7-3-,8-4-. The van der Waals surface area contributed by atoms with Gasteiger partial charge in [0.15, 0.2) is 0 Å². The number of hydrogen-bond donors (Lipinski definition) is 1. The molecule has 2 heteroatoms. The van der Waals surface area contributed by atoms with E-state index in [4.69, 9.17) is 0 Å². The van der Waals surface area contributed by atoms with E-state index in [1.54, 1.807) is 0 Å². The van der Waals surface area contributed by atoms with Crippen LogP contribution < -0.4 is 5.32 Å². The molecule has 0 fully saturated rings. The number of nitrogens with zero attached hydrogens (tertiary/aromatic N) is 1. The molecule has 18 heavy (non-hydrogen) atoms. The molecule has 0 unspecified atom stereocenters. The van der Waals surface area contributed by atoms with Gasteiger partial charge >= 0.3 is 0 Å². The van der Waals surface area contributed by atoms with Crippen molar-refractivity contribution in [1.29, 1.82) is 0 Å². The van der Waals surface area contributed by atoms with Crippen LogP contribution in [0.5, 0.6) is 0 Å². The van der Waals surface area contributed by atoms with Gasteiger partial charge in [-0.2, -0.15) is 0 Å². The first-order valence-corrected chi connectivity index (χ1v) is 6.38. The Morgan fingerprint density at radius 3 is 2.83 bits per heavy atom. The van der Waals surface area contributed by atoms with E-state index in [0.717, 1.165) is 31.9 Å². The van der Waals surface area contributed by atoms with Crippen LogP contribution in [0.4, 0.5) is 0 Å². The summed E-state index contributed by atoms with van der Waals surface area (Å²) in [7, 11) is 0. The van der Waals surface area contributed by atoms with Crippen molar-refractivity contribution < 1.29 is 0 Å². The van der Waals surface area contributed by atoms with Gasteiger partial charge in [0, 0.05) is 31.9 Å². The van der Waals surface area contributed by atoms with Crippen LogP contribution >= 0.6 is 0 Å². The average Bonchev–Trinajstić information content (AvgIpc) is 2.41. The smallest absolute Gasteiger partial charge is 0.0429 e. The molecule has 1 aromatic carbocycles. The summed E-state index contributed by atoms with van der Waals surface area (Å²) in [5.41, 5.74) is 2.38. The molecular weight excluding hydrogens is 220 g/mol. The second-order valence-corrected chi connectivity index (χ2v) is 4.39. The predicted molar refractivity (Wildman–Crippen MR) is 77.1 cm³/mol. The van der Waals surface area contributed by atoms with E-state index in [2.05, 4.69) is 59.3 Å². The van der Waals surface area contributed by atoms with Crippen molar-refractivity contribution in [2.24, 2.45) is 0 Å². The van der Waals surface area contributed by atoms with Gasteiger partial charge in [-0.15, -0.1) is 0 Å². The van der Waals surface area contributed by atoms with Crippen molar-refractivity contribution in [2.45, 2.75) is 6.54 Å². The predicted octanol–water partition coefficient (Wildman–Crippen LogP) is 2.72. The van der Waals surface area contributed by atoms with Crippen LogP contribution in [0.2, 0.25) is 0 Å². The van der Waals surface area contributed by atoms with E-state index in [-0.39, 0.29) is 0 Å². The van der Waals surface area contributed by atoms with Crippen LogP contribution in [-0.2, 0) is 6.54 Å². The Bertz CT molecular complexity index is 432.